The van der Waals surface area contributed by atoms with Crippen molar-refractivity contribution >= 4 is 17.3 Å². The summed E-state index contributed by atoms with van der Waals surface area (Å²) in [6.07, 6.45) is 3.66. The number of methoxy groups -OCH3 is 1. The van der Waals surface area contributed by atoms with Crippen molar-refractivity contribution in [3.63, 3.8) is 0 Å². The molecule has 5 nitrogen and oxygen atoms in total. The quantitative estimate of drug-likeness (QED) is 0.602. The van der Waals surface area contributed by atoms with Gasteiger partial charge in [-0.2, -0.15) is 0 Å². The predicted octanol–water partition coefficient (Wildman–Crippen LogP) is 4.27. The second kappa shape index (κ2) is 8.68. The third-order valence-corrected chi connectivity index (χ3v) is 3.82. The van der Waals surface area contributed by atoms with E-state index in [-0.39, 0.29) is 0 Å². The fraction of sp³-hybridized carbons (Fsp3) is 0.200. The van der Waals surface area contributed by atoms with Crippen molar-refractivity contribution in [1.29, 1.82) is 0 Å². The average Bonchev–Trinajstić information content (AvgIpc) is 2.67. The van der Waals surface area contributed by atoms with E-state index in [1.807, 2.05) is 36.4 Å². The Labute approximate surface area is 148 Å². The van der Waals surface area contributed by atoms with Crippen molar-refractivity contribution in [3.05, 3.63) is 72.6 Å². The first-order valence-electron chi connectivity index (χ1n) is 8.34. The molecule has 3 aromatic rings. The lowest BCUT2D eigenvalue weighted by Gasteiger charge is -2.09. The number of rotatable bonds is 8. The molecule has 0 saturated heterocycles. The molecular formula is C20H22N4O. The maximum atomic E-state index is 5.16. The Kier molecular flexibility index (Phi) is 5.82. The van der Waals surface area contributed by atoms with Gasteiger partial charge in [0.2, 0.25) is 0 Å². The Bertz CT molecular complexity index is 775. The Balaban J connectivity index is 1.50. The Morgan fingerprint density at radius 3 is 2.44 bits per heavy atom. The second-order valence-corrected chi connectivity index (χ2v) is 5.66. The Hall–Kier alpha value is -3.08. The zero-order valence-electron chi connectivity index (χ0n) is 14.3. The minimum atomic E-state index is 0.755. The number of hydrogen-bond donors (Lipinski definition) is 2. The molecule has 0 aliphatic rings. The van der Waals surface area contributed by atoms with E-state index in [0.717, 1.165) is 42.5 Å². The van der Waals surface area contributed by atoms with E-state index >= 15 is 0 Å². The number of ether oxygens (including phenoxy) is 1. The number of hydrogen-bond acceptors (Lipinski definition) is 5. The summed E-state index contributed by atoms with van der Waals surface area (Å²) in [6, 6.07) is 20.1. The van der Waals surface area contributed by atoms with Gasteiger partial charge < -0.3 is 15.4 Å². The SMILES string of the molecule is COc1ccc(Nc2cc(NCCCc3ccccc3)ncn2)cc1. The van der Waals surface area contributed by atoms with Gasteiger partial charge >= 0.3 is 0 Å². The topological polar surface area (TPSA) is 59.1 Å². The summed E-state index contributed by atoms with van der Waals surface area (Å²) >= 11 is 0. The molecule has 25 heavy (non-hydrogen) atoms. The molecule has 0 radical (unpaired) electrons. The minimum Gasteiger partial charge on any atom is -0.497 e. The molecule has 0 atom stereocenters. The highest BCUT2D eigenvalue weighted by molar-refractivity contribution is 5.59. The third-order valence-electron chi connectivity index (χ3n) is 3.82. The molecule has 0 unspecified atom stereocenters. The van der Waals surface area contributed by atoms with Crippen LogP contribution in [0.15, 0.2) is 67.0 Å². The van der Waals surface area contributed by atoms with E-state index in [4.69, 9.17) is 4.74 Å². The summed E-state index contributed by atoms with van der Waals surface area (Å²) < 4.78 is 5.16. The molecular weight excluding hydrogens is 312 g/mol. The lowest BCUT2D eigenvalue weighted by Crippen LogP contribution is -2.05. The van der Waals surface area contributed by atoms with Gasteiger partial charge in [-0.15, -0.1) is 0 Å². The van der Waals surface area contributed by atoms with Crippen molar-refractivity contribution in [3.8, 4) is 5.75 Å². The van der Waals surface area contributed by atoms with Gasteiger partial charge in [0.15, 0.2) is 0 Å². The largest absolute Gasteiger partial charge is 0.497 e. The van der Waals surface area contributed by atoms with Crippen LogP contribution < -0.4 is 15.4 Å². The van der Waals surface area contributed by atoms with Crippen LogP contribution in [0.1, 0.15) is 12.0 Å². The first kappa shape index (κ1) is 16.8. The summed E-state index contributed by atoms with van der Waals surface area (Å²) in [7, 11) is 1.66. The standard InChI is InChI=1S/C20H22N4O/c1-25-18-11-9-17(10-12-18)24-20-14-19(22-15-23-20)21-13-5-8-16-6-3-2-4-7-16/h2-4,6-7,9-12,14-15H,5,8,13H2,1H3,(H2,21,22,23,24). The second-order valence-electron chi connectivity index (χ2n) is 5.66. The molecule has 0 aliphatic carbocycles. The number of anilines is 3. The molecule has 0 aliphatic heterocycles. The highest BCUT2D eigenvalue weighted by Crippen LogP contribution is 2.19. The van der Waals surface area contributed by atoms with Crippen LogP contribution in [-0.2, 0) is 6.42 Å². The average molecular weight is 334 g/mol. The van der Waals surface area contributed by atoms with Crippen molar-refractivity contribution in [2.75, 3.05) is 24.3 Å². The molecule has 1 heterocycles. The minimum absolute atomic E-state index is 0.755. The van der Waals surface area contributed by atoms with Gasteiger partial charge in [-0.1, -0.05) is 30.3 Å². The van der Waals surface area contributed by atoms with E-state index in [0.29, 0.717) is 0 Å². The van der Waals surface area contributed by atoms with E-state index in [1.54, 1.807) is 13.4 Å². The number of benzene rings is 2. The zero-order chi connectivity index (χ0) is 17.3. The highest BCUT2D eigenvalue weighted by atomic mass is 16.5. The number of aryl methyl sites for hydroxylation is 1. The van der Waals surface area contributed by atoms with Crippen LogP contribution in [0.25, 0.3) is 0 Å². The molecule has 2 aromatic carbocycles. The number of nitrogens with zero attached hydrogens (tertiary/aromatic N) is 2. The molecule has 128 valence electrons. The summed E-state index contributed by atoms with van der Waals surface area (Å²) in [5.41, 5.74) is 2.31. The van der Waals surface area contributed by atoms with Gasteiger partial charge in [0, 0.05) is 18.3 Å². The van der Waals surface area contributed by atoms with Gasteiger partial charge in [0.1, 0.15) is 23.7 Å². The smallest absolute Gasteiger partial charge is 0.135 e. The molecule has 1 aromatic heterocycles. The van der Waals surface area contributed by atoms with Gasteiger partial charge in [0.25, 0.3) is 0 Å². The first-order chi connectivity index (χ1) is 12.3. The maximum Gasteiger partial charge on any atom is 0.135 e. The van der Waals surface area contributed by atoms with Crippen LogP contribution in [0.4, 0.5) is 17.3 Å². The summed E-state index contributed by atoms with van der Waals surface area (Å²) in [6.45, 7) is 0.869. The van der Waals surface area contributed by atoms with Crippen LogP contribution >= 0.6 is 0 Å². The third kappa shape index (κ3) is 5.21. The predicted molar refractivity (Wildman–Crippen MR) is 102 cm³/mol. The maximum absolute atomic E-state index is 5.16. The van der Waals surface area contributed by atoms with Gasteiger partial charge in [-0.05, 0) is 42.7 Å². The molecule has 0 spiro atoms. The molecule has 0 saturated carbocycles. The van der Waals surface area contributed by atoms with Crippen LogP contribution in [0.5, 0.6) is 5.75 Å². The molecule has 5 heteroatoms. The van der Waals surface area contributed by atoms with Crippen LogP contribution in [-0.4, -0.2) is 23.6 Å². The lowest BCUT2D eigenvalue weighted by atomic mass is 10.1. The van der Waals surface area contributed by atoms with Crippen LogP contribution in [0.2, 0.25) is 0 Å². The van der Waals surface area contributed by atoms with Crippen LogP contribution in [0.3, 0.4) is 0 Å². The normalized spacial score (nSPS) is 10.3. The molecule has 0 amide bonds. The monoisotopic (exact) mass is 334 g/mol. The van der Waals surface area contributed by atoms with Gasteiger partial charge in [0.05, 0.1) is 7.11 Å². The van der Waals surface area contributed by atoms with Gasteiger partial charge in [-0.25, -0.2) is 9.97 Å². The zero-order valence-corrected chi connectivity index (χ0v) is 14.3. The van der Waals surface area contributed by atoms with Crippen molar-refractivity contribution in [1.82, 2.24) is 9.97 Å². The van der Waals surface area contributed by atoms with Crippen molar-refractivity contribution in [2.24, 2.45) is 0 Å². The van der Waals surface area contributed by atoms with E-state index in [9.17, 15) is 0 Å². The Morgan fingerprint density at radius 1 is 0.920 bits per heavy atom. The van der Waals surface area contributed by atoms with Crippen molar-refractivity contribution < 1.29 is 4.74 Å². The van der Waals surface area contributed by atoms with Gasteiger partial charge in [-0.3, -0.25) is 0 Å². The fourth-order valence-electron chi connectivity index (χ4n) is 2.50. The number of aromatic nitrogens is 2. The van der Waals surface area contributed by atoms with E-state index < -0.39 is 0 Å². The van der Waals surface area contributed by atoms with E-state index in [2.05, 4.69) is 44.9 Å². The Morgan fingerprint density at radius 2 is 1.68 bits per heavy atom. The number of nitrogens with one attached hydrogen (secondary N) is 2. The molecule has 0 bridgehead atoms. The fourth-order valence-corrected chi connectivity index (χ4v) is 2.50. The van der Waals surface area contributed by atoms with E-state index in [1.165, 1.54) is 5.56 Å². The molecule has 2 N–H and O–H groups in total. The molecule has 3 rings (SSSR count). The lowest BCUT2D eigenvalue weighted by molar-refractivity contribution is 0.415. The summed E-state index contributed by atoms with van der Waals surface area (Å²) in [5.74, 6) is 2.40. The molecule has 0 fully saturated rings. The van der Waals surface area contributed by atoms with Crippen molar-refractivity contribution in [2.45, 2.75) is 12.8 Å². The first-order valence-corrected chi connectivity index (χ1v) is 8.34. The van der Waals surface area contributed by atoms with Crippen LogP contribution in [0, 0.1) is 0 Å². The summed E-state index contributed by atoms with van der Waals surface area (Å²) in [5, 5.41) is 6.61. The highest BCUT2D eigenvalue weighted by Gasteiger charge is 2.00. The summed E-state index contributed by atoms with van der Waals surface area (Å²) in [4.78, 5) is 8.53.